The molecule has 7 nitrogen and oxygen atoms in total. The van der Waals surface area contributed by atoms with Crippen molar-refractivity contribution in [1.82, 2.24) is 0 Å². The molecule has 2 N–H and O–H groups in total. The zero-order valence-corrected chi connectivity index (χ0v) is 14.1. The Labute approximate surface area is 147 Å². The number of thiophene rings is 1. The number of nitrogen functional groups attached to an aromatic ring is 1. The van der Waals surface area contributed by atoms with Crippen LogP contribution in [-0.4, -0.2) is 24.8 Å². The van der Waals surface area contributed by atoms with Gasteiger partial charge in [0.15, 0.2) is 0 Å². The lowest BCUT2D eigenvalue weighted by Gasteiger charge is -2.07. The predicted molar refractivity (Wildman–Crippen MR) is 90.4 cm³/mol. The molecule has 0 unspecified atom stereocenters. The predicted octanol–water partition coefficient (Wildman–Crippen LogP) is 2.55. The molecule has 1 aromatic heterocycles. The molecule has 0 amide bonds. The van der Waals surface area contributed by atoms with Gasteiger partial charge >= 0.3 is 11.9 Å². The Kier molecular flexibility index (Phi) is 5.87. The van der Waals surface area contributed by atoms with Crippen molar-refractivity contribution in [3.63, 3.8) is 0 Å². The molecule has 0 saturated heterocycles. The number of esters is 2. The van der Waals surface area contributed by atoms with Crippen LogP contribution in [0.1, 0.15) is 48.4 Å². The number of aldehydes is 1. The van der Waals surface area contributed by atoms with Crippen molar-refractivity contribution in [3.8, 4) is 6.07 Å². The minimum Gasteiger partial charge on any atom is -0.462 e. The molecule has 0 aliphatic carbocycles. The van der Waals surface area contributed by atoms with Crippen LogP contribution in [0.5, 0.6) is 0 Å². The van der Waals surface area contributed by atoms with Gasteiger partial charge in [0.1, 0.15) is 28.8 Å². The highest BCUT2D eigenvalue weighted by Gasteiger charge is 2.24. The van der Waals surface area contributed by atoms with E-state index in [1.54, 1.807) is 6.92 Å². The normalized spacial score (nSPS) is 9.92. The van der Waals surface area contributed by atoms with Gasteiger partial charge in [-0.3, -0.25) is 4.79 Å². The zero-order valence-electron chi connectivity index (χ0n) is 13.3. The summed E-state index contributed by atoms with van der Waals surface area (Å²) in [6.45, 7) is 1.53. The van der Waals surface area contributed by atoms with E-state index >= 15 is 0 Å². The van der Waals surface area contributed by atoms with Crippen molar-refractivity contribution in [1.29, 1.82) is 5.26 Å². The standard InChI is InChI=1S/C17H14N2O5S/c1-2-23-17(22)14-13(12(7-18)15(19)25-14)9-24-16(21)11-5-3-10(8-20)4-6-11/h3-6,8H,2,9,19H2,1H3. The van der Waals surface area contributed by atoms with Gasteiger partial charge in [0, 0.05) is 11.1 Å². The highest BCUT2D eigenvalue weighted by Crippen LogP contribution is 2.32. The number of carbonyl (C=O) groups excluding carboxylic acids is 3. The number of nitriles is 1. The lowest BCUT2D eigenvalue weighted by molar-refractivity contribution is 0.0452. The third-order valence-corrected chi connectivity index (χ3v) is 4.28. The fourth-order valence-corrected chi connectivity index (χ4v) is 2.94. The molecule has 128 valence electrons. The number of nitrogens with zero attached hydrogens (tertiary/aromatic N) is 1. The fraction of sp³-hybridized carbons (Fsp3) is 0.176. The zero-order chi connectivity index (χ0) is 18.4. The average molecular weight is 358 g/mol. The summed E-state index contributed by atoms with van der Waals surface area (Å²) in [5.74, 6) is -1.27. The molecule has 0 aliphatic heterocycles. The maximum atomic E-state index is 12.1. The van der Waals surface area contributed by atoms with Crippen LogP contribution in [0.3, 0.4) is 0 Å². The maximum absolute atomic E-state index is 12.1. The van der Waals surface area contributed by atoms with Gasteiger partial charge in [0.05, 0.1) is 17.7 Å². The van der Waals surface area contributed by atoms with E-state index in [1.165, 1.54) is 24.3 Å². The summed E-state index contributed by atoms with van der Waals surface area (Å²) in [5.41, 5.74) is 6.74. The Balaban J connectivity index is 2.21. The van der Waals surface area contributed by atoms with Gasteiger partial charge in [0.25, 0.3) is 0 Å². The van der Waals surface area contributed by atoms with Crippen LogP contribution in [0.2, 0.25) is 0 Å². The van der Waals surface area contributed by atoms with Gasteiger partial charge in [-0.25, -0.2) is 9.59 Å². The van der Waals surface area contributed by atoms with Gasteiger partial charge in [-0.15, -0.1) is 11.3 Å². The molecule has 0 atom stereocenters. The van der Waals surface area contributed by atoms with Crippen LogP contribution >= 0.6 is 11.3 Å². The molecule has 0 radical (unpaired) electrons. The largest absolute Gasteiger partial charge is 0.462 e. The first-order valence-electron chi connectivity index (χ1n) is 7.22. The Morgan fingerprint density at radius 3 is 2.48 bits per heavy atom. The van der Waals surface area contributed by atoms with Crippen molar-refractivity contribution in [2.24, 2.45) is 0 Å². The molecule has 0 bridgehead atoms. The number of rotatable bonds is 6. The first kappa shape index (κ1) is 18.2. The molecule has 8 heteroatoms. The molecule has 1 heterocycles. The lowest BCUT2D eigenvalue weighted by Crippen LogP contribution is -2.10. The first-order valence-corrected chi connectivity index (χ1v) is 8.04. The van der Waals surface area contributed by atoms with E-state index in [2.05, 4.69) is 0 Å². The van der Waals surface area contributed by atoms with Crippen LogP contribution in [0.15, 0.2) is 24.3 Å². The molecule has 0 saturated carbocycles. The van der Waals surface area contributed by atoms with Gasteiger partial charge in [0.2, 0.25) is 0 Å². The van der Waals surface area contributed by atoms with Gasteiger partial charge < -0.3 is 15.2 Å². The molecule has 2 rings (SSSR count). The van der Waals surface area contributed by atoms with E-state index in [-0.39, 0.29) is 39.8 Å². The summed E-state index contributed by atoms with van der Waals surface area (Å²) in [6, 6.07) is 7.77. The number of anilines is 1. The van der Waals surface area contributed by atoms with Gasteiger partial charge in [-0.2, -0.15) is 5.26 Å². The summed E-state index contributed by atoms with van der Waals surface area (Å²) in [7, 11) is 0. The number of benzene rings is 1. The van der Waals surface area contributed by atoms with E-state index in [9.17, 15) is 19.6 Å². The third-order valence-electron chi connectivity index (χ3n) is 3.24. The van der Waals surface area contributed by atoms with Crippen LogP contribution < -0.4 is 5.73 Å². The van der Waals surface area contributed by atoms with E-state index in [4.69, 9.17) is 15.2 Å². The van der Waals surface area contributed by atoms with Gasteiger partial charge in [-0.1, -0.05) is 12.1 Å². The van der Waals surface area contributed by atoms with E-state index in [1.807, 2.05) is 6.07 Å². The Morgan fingerprint density at radius 2 is 1.92 bits per heavy atom. The van der Waals surface area contributed by atoms with Crippen LogP contribution in [-0.2, 0) is 16.1 Å². The second kappa shape index (κ2) is 8.08. The second-order valence-electron chi connectivity index (χ2n) is 4.80. The monoisotopic (exact) mass is 358 g/mol. The van der Waals surface area contributed by atoms with Gasteiger partial charge in [-0.05, 0) is 19.1 Å². The minimum absolute atomic E-state index is 0.0946. The summed E-state index contributed by atoms with van der Waals surface area (Å²) in [4.78, 5) is 34.8. The van der Waals surface area contributed by atoms with Crippen LogP contribution in [0.4, 0.5) is 5.00 Å². The maximum Gasteiger partial charge on any atom is 0.348 e. The molecule has 0 fully saturated rings. The molecule has 1 aromatic carbocycles. The topological polar surface area (TPSA) is 119 Å². The lowest BCUT2D eigenvalue weighted by atomic mass is 10.1. The van der Waals surface area contributed by atoms with E-state index < -0.39 is 11.9 Å². The van der Waals surface area contributed by atoms with Crippen molar-refractivity contribution < 1.29 is 23.9 Å². The molecule has 25 heavy (non-hydrogen) atoms. The Hall–Kier alpha value is -3.18. The average Bonchev–Trinajstić information content (AvgIpc) is 2.95. The number of carbonyl (C=O) groups is 3. The summed E-state index contributed by atoms with van der Waals surface area (Å²) < 4.78 is 10.1. The number of hydrogen-bond acceptors (Lipinski definition) is 8. The molecule has 0 aliphatic rings. The third kappa shape index (κ3) is 4.02. The van der Waals surface area contributed by atoms with Crippen molar-refractivity contribution >= 4 is 34.6 Å². The smallest absolute Gasteiger partial charge is 0.348 e. The second-order valence-corrected chi connectivity index (χ2v) is 5.85. The first-order chi connectivity index (χ1) is 12.0. The van der Waals surface area contributed by atoms with Crippen LogP contribution in [0.25, 0.3) is 0 Å². The summed E-state index contributed by atoms with van der Waals surface area (Å²) >= 11 is 0.917. The molecule has 0 spiro atoms. The van der Waals surface area contributed by atoms with Crippen molar-refractivity contribution in [2.45, 2.75) is 13.5 Å². The fourth-order valence-electron chi connectivity index (χ4n) is 2.03. The highest BCUT2D eigenvalue weighted by molar-refractivity contribution is 7.18. The van der Waals surface area contributed by atoms with E-state index in [0.717, 1.165) is 11.3 Å². The van der Waals surface area contributed by atoms with Crippen molar-refractivity contribution in [2.75, 3.05) is 12.3 Å². The quantitative estimate of drug-likeness (QED) is 0.622. The van der Waals surface area contributed by atoms with Crippen molar-refractivity contribution in [3.05, 3.63) is 51.4 Å². The summed E-state index contributed by atoms with van der Waals surface area (Å²) in [5, 5.41) is 9.37. The Morgan fingerprint density at radius 1 is 1.24 bits per heavy atom. The number of nitrogens with two attached hydrogens (primary N) is 1. The molecular weight excluding hydrogens is 344 g/mol. The highest BCUT2D eigenvalue weighted by atomic mass is 32.1. The Bertz CT molecular complexity index is 849. The SMILES string of the molecule is CCOC(=O)c1sc(N)c(C#N)c1COC(=O)c1ccc(C=O)cc1. The minimum atomic E-state index is -0.652. The van der Waals surface area contributed by atoms with Crippen LogP contribution in [0, 0.1) is 11.3 Å². The number of ether oxygens (including phenoxy) is 2. The molecular formula is C17H14N2O5S. The summed E-state index contributed by atoms with van der Waals surface area (Å²) in [6.07, 6.45) is 0.661. The molecule has 2 aromatic rings. The van der Waals surface area contributed by atoms with E-state index in [0.29, 0.717) is 11.8 Å². The number of hydrogen-bond donors (Lipinski definition) is 1.